The molecule has 0 amide bonds. The highest BCUT2D eigenvalue weighted by Gasteiger charge is 2.11. The predicted molar refractivity (Wildman–Crippen MR) is 79.5 cm³/mol. The molecule has 1 N–H and O–H groups in total. The third kappa shape index (κ3) is 7.62. The van der Waals surface area contributed by atoms with Crippen molar-refractivity contribution < 1.29 is 9.47 Å². The van der Waals surface area contributed by atoms with Gasteiger partial charge < -0.3 is 14.8 Å². The summed E-state index contributed by atoms with van der Waals surface area (Å²) in [5.74, 6) is 0. The Morgan fingerprint density at radius 3 is 2.79 bits per heavy atom. The number of thiazole rings is 1. The van der Waals surface area contributed by atoms with Crippen LogP contribution in [0.2, 0.25) is 0 Å². The molecular formula is C14H26N2O2S. The van der Waals surface area contributed by atoms with Crippen LogP contribution in [0.25, 0.3) is 0 Å². The number of nitrogens with one attached hydrogen (secondary N) is 1. The molecule has 0 aromatic carbocycles. The van der Waals surface area contributed by atoms with Crippen molar-refractivity contribution in [2.24, 2.45) is 0 Å². The van der Waals surface area contributed by atoms with Gasteiger partial charge in [0, 0.05) is 24.1 Å². The van der Waals surface area contributed by atoms with E-state index in [9.17, 15) is 0 Å². The summed E-state index contributed by atoms with van der Waals surface area (Å²) in [5.41, 5.74) is 1.12. The Kier molecular flexibility index (Phi) is 6.93. The first-order valence-electron chi connectivity index (χ1n) is 6.78. The van der Waals surface area contributed by atoms with Gasteiger partial charge in [0.2, 0.25) is 0 Å². The van der Waals surface area contributed by atoms with Crippen molar-refractivity contribution >= 4 is 11.3 Å². The van der Waals surface area contributed by atoms with Gasteiger partial charge in [-0.2, -0.15) is 0 Å². The molecule has 0 aliphatic rings. The van der Waals surface area contributed by atoms with Crippen LogP contribution in [0.1, 0.15) is 45.3 Å². The monoisotopic (exact) mass is 286 g/mol. The molecule has 1 rings (SSSR count). The highest BCUT2D eigenvalue weighted by Crippen LogP contribution is 2.12. The SMILES string of the molecule is CCOCC(C)OCc1csc(CNC(C)(C)C)n1. The lowest BCUT2D eigenvalue weighted by Crippen LogP contribution is -2.35. The van der Waals surface area contributed by atoms with E-state index >= 15 is 0 Å². The van der Waals surface area contributed by atoms with E-state index in [1.54, 1.807) is 11.3 Å². The first-order chi connectivity index (χ1) is 8.90. The Morgan fingerprint density at radius 1 is 1.42 bits per heavy atom. The zero-order valence-corrected chi connectivity index (χ0v) is 13.5. The molecule has 0 radical (unpaired) electrons. The van der Waals surface area contributed by atoms with E-state index in [0.29, 0.717) is 13.2 Å². The van der Waals surface area contributed by atoms with E-state index in [2.05, 4.69) is 36.5 Å². The van der Waals surface area contributed by atoms with Gasteiger partial charge in [-0.15, -0.1) is 11.3 Å². The summed E-state index contributed by atoms with van der Waals surface area (Å²) in [4.78, 5) is 4.56. The second-order valence-corrected chi connectivity index (χ2v) is 6.56. The van der Waals surface area contributed by atoms with Crippen molar-refractivity contribution in [3.8, 4) is 0 Å². The number of hydrogen-bond donors (Lipinski definition) is 1. The largest absolute Gasteiger partial charge is 0.379 e. The Balaban J connectivity index is 2.30. The first kappa shape index (κ1) is 16.6. The van der Waals surface area contributed by atoms with E-state index < -0.39 is 0 Å². The van der Waals surface area contributed by atoms with Crippen molar-refractivity contribution in [1.82, 2.24) is 10.3 Å². The Labute approximate surface area is 120 Å². The second-order valence-electron chi connectivity index (χ2n) is 5.62. The topological polar surface area (TPSA) is 43.4 Å². The van der Waals surface area contributed by atoms with Crippen LogP contribution in [-0.4, -0.2) is 29.8 Å². The number of rotatable bonds is 8. The lowest BCUT2D eigenvalue weighted by atomic mass is 10.1. The van der Waals surface area contributed by atoms with E-state index in [-0.39, 0.29) is 11.6 Å². The minimum atomic E-state index is 0.109. The minimum absolute atomic E-state index is 0.109. The van der Waals surface area contributed by atoms with Gasteiger partial charge in [0.25, 0.3) is 0 Å². The highest BCUT2D eigenvalue weighted by molar-refractivity contribution is 7.09. The maximum Gasteiger partial charge on any atom is 0.107 e. The van der Waals surface area contributed by atoms with Crippen molar-refractivity contribution in [3.05, 3.63) is 16.1 Å². The van der Waals surface area contributed by atoms with Gasteiger partial charge >= 0.3 is 0 Å². The minimum Gasteiger partial charge on any atom is -0.379 e. The number of ether oxygens (including phenoxy) is 2. The summed E-state index contributed by atoms with van der Waals surface area (Å²) < 4.78 is 11.0. The molecule has 1 heterocycles. The smallest absolute Gasteiger partial charge is 0.107 e. The van der Waals surface area contributed by atoms with E-state index in [1.165, 1.54) is 0 Å². The van der Waals surface area contributed by atoms with Gasteiger partial charge in [0.1, 0.15) is 5.01 Å². The molecule has 0 aliphatic heterocycles. The molecule has 1 aromatic rings. The summed E-state index contributed by atoms with van der Waals surface area (Å²) in [5, 5.41) is 6.60. The zero-order chi connectivity index (χ0) is 14.3. The summed E-state index contributed by atoms with van der Waals surface area (Å²) >= 11 is 1.67. The van der Waals surface area contributed by atoms with E-state index in [4.69, 9.17) is 9.47 Å². The Morgan fingerprint density at radius 2 is 2.16 bits per heavy atom. The summed E-state index contributed by atoms with van der Waals surface area (Å²) in [7, 11) is 0. The molecular weight excluding hydrogens is 260 g/mol. The maximum atomic E-state index is 5.69. The fraction of sp³-hybridized carbons (Fsp3) is 0.786. The molecule has 1 atom stereocenters. The van der Waals surface area contributed by atoms with Crippen LogP contribution in [0.4, 0.5) is 0 Å². The van der Waals surface area contributed by atoms with Gasteiger partial charge in [-0.3, -0.25) is 0 Å². The molecule has 0 spiro atoms. The standard InChI is InChI=1S/C14H26N2O2S/c1-6-17-8-11(2)18-9-12-10-19-13(16-12)7-15-14(3,4)5/h10-11,15H,6-9H2,1-5H3. The van der Waals surface area contributed by atoms with E-state index in [0.717, 1.165) is 23.9 Å². The molecule has 4 nitrogen and oxygen atoms in total. The third-order valence-corrected chi connectivity index (χ3v) is 3.34. The molecule has 0 saturated heterocycles. The van der Waals surface area contributed by atoms with Crippen LogP contribution in [0, 0.1) is 0 Å². The fourth-order valence-corrected chi connectivity index (χ4v) is 2.12. The van der Waals surface area contributed by atoms with E-state index in [1.807, 2.05) is 13.8 Å². The Bertz CT molecular complexity index is 361. The second kappa shape index (κ2) is 7.94. The van der Waals surface area contributed by atoms with Gasteiger partial charge in [-0.1, -0.05) is 0 Å². The molecule has 0 fully saturated rings. The Hall–Kier alpha value is -0.490. The maximum absolute atomic E-state index is 5.69. The van der Waals surface area contributed by atoms with Crippen molar-refractivity contribution in [3.63, 3.8) is 0 Å². The molecule has 0 saturated carbocycles. The third-order valence-electron chi connectivity index (χ3n) is 2.44. The van der Waals surface area contributed by atoms with Gasteiger partial charge in [-0.25, -0.2) is 4.98 Å². The normalized spacial score (nSPS) is 13.7. The molecule has 0 aliphatic carbocycles. The summed E-state index contributed by atoms with van der Waals surface area (Å²) in [6.45, 7) is 13.2. The average molecular weight is 286 g/mol. The van der Waals surface area contributed by atoms with Crippen LogP contribution in [0.3, 0.4) is 0 Å². The predicted octanol–water partition coefficient (Wildman–Crippen LogP) is 2.97. The van der Waals surface area contributed by atoms with Gasteiger partial charge in [0.05, 0.1) is 25.0 Å². The lowest BCUT2D eigenvalue weighted by Gasteiger charge is -2.19. The number of aromatic nitrogens is 1. The van der Waals surface area contributed by atoms with Crippen LogP contribution in [-0.2, 0) is 22.6 Å². The van der Waals surface area contributed by atoms with Crippen LogP contribution in [0.5, 0.6) is 0 Å². The van der Waals surface area contributed by atoms with Crippen molar-refractivity contribution in [2.75, 3.05) is 13.2 Å². The molecule has 1 aromatic heterocycles. The highest BCUT2D eigenvalue weighted by atomic mass is 32.1. The zero-order valence-electron chi connectivity index (χ0n) is 12.7. The quantitative estimate of drug-likeness (QED) is 0.798. The molecule has 5 heteroatoms. The summed E-state index contributed by atoms with van der Waals surface area (Å²) in [6, 6.07) is 0. The number of hydrogen-bond acceptors (Lipinski definition) is 5. The van der Waals surface area contributed by atoms with Crippen molar-refractivity contribution in [2.45, 2.75) is 59.4 Å². The van der Waals surface area contributed by atoms with Crippen molar-refractivity contribution in [1.29, 1.82) is 0 Å². The number of nitrogens with zero attached hydrogens (tertiary/aromatic N) is 1. The van der Waals surface area contributed by atoms with Gasteiger partial charge in [-0.05, 0) is 34.6 Å². The van der Waals surface area contributed by atoms with Gasteiger partial charge in [0.15, 0.2) is 0 Å². The lowest BCUT2D eigenvalue weighted by molar-refractivity contribution is -0.0126. The van der Waals surface area contributed by atoms with Crippen LogP contribution < -0.4 is 5.32 Å². The average Bonchev–Trinajstić information content (AvgIpc) is 2.78. The van der Waals surface area contributed by atoms with Crippen LogP contribution in [0.15, 0.2) is 5.38 Å². The summed E-state index contributed by atoms with van der Waals surface area (Å²) in [6.07, 6.45) is 0.109. The molecule has 0 bridgehead atoms. The fourth-order valence-electron chi connectivity index (χ4n) is 1.40. The van der Waals surface area contributed by atoms with Crippen LogP contribution >= 0.6 is 11.3 Å². The molecule has 1 unspecified atom stereocenters. The first-order valence-corrected chi connectivity index (χ1v) is 7.66. The molecule has 19 heavy (non-hydrogen) atoms. The molecule has 110 valence electrons.